The number of carbonyl (C=O) groups is 2. The molecule has 1 amide bonds. The number of thioether (sulfide) groups is 1. The minimum atomic E-state index is -0.877. The summed E-state index contributed by atoms with van der Waals surface area (Å²) in [6.07, 6.45) is 2.83. The normalized spacial score (nSPS) is 12.1. The first-order valence-electron chi connectivity index (χ1n) is 5.65. The lowest BCUT2D eigenvalue weighted by Crippen LogP contribution is -2.31. The number of rotatable bonds is 9. The molecule has 94 valence electrons. The summed E-state index contributed by atoms with van der Waals surface area (Å²) in [6.45, 7) is 3.94. The van der Waals surface area contributed by atoms with Crippen molar-refractivity contribution in [3.63, 3.8) is 0 Å². The third-order valence-corrected chi connectivity index (χ3v) is 3.21. The van der Waals surface area contributed by atoms with Crippen molar-refractivity contribution in [1.29, 1.82) is 0 Å². The monoisotopic (exact) mass is 247 g/mol. The van der Waals surface area contributed by atoms with E-state index in [0.717, 1.165) is 11.5 Å². The van der Waals surface area contributed by atoms with Crippen LogP contribution in [-0.2, 0) is 9.59 Å². The molecule has 0 aliphatic carbocycles. The molecule has 0 spiro atoms. The summed E-state index contributed by atoms with van der Waals surface area (Å²) >= 11 is 1.77. The smallest absolute Gasteiger partial charge is 0.308 e. The Hall–Kier alpha value is -0.710. The molecule has 1 unspecified atom stereocenters. The number of carboxylic acids is 1. The van der Waals surface area contributed by atoms with Gasteiger partial charge in [-0.3, -0.25) is 9.59 Å². The molecule has 0 aromatic rings. The van der Waals surface area contributed by atoms with Crippen molar-refractivity contribution in [2.24, 2.45) is 5.92 Å². The average Bonchev–Trinajstić information content (AvgIpc) is 2.25. The van der Waals surface area contributed by atoms with Crippen LogP contribution in [-0.4, -0.2) is 35.0 Å². The SMILES string of the molecule is CCCCSCCC(=O)NCC(C)C(=O)O. The van der Waals surface area contributed by atoms with Crippen LogP contribution in [0.2, 0.25) is 0 Å². The second kappa shape index (κ2) is 9.51. The molecule has 2 N–H and O–H groups in total. The first-order chi connectivity index (χ1) is 7.57. The molecular weight excluding hydrogens is 226 g/mol. The van der Waals surface area contributed by atoms with E-state index < -0.39 is 11.9 Å². The Morgan fingerprint density at radius 1 is 1.38 bits per heavy atom. The molecule has 0 aromatic carbocycles. The zero-order valence-corrected chi connectivity index (χ0v) is 10.8. The Morgan fingerprint density at radius 2 is 2.06 bits per heavy atom. The number of aliphatic carboxylic acids is 1. The predicted octanol–water partition coefficient (Wildman–Crippen LogP) is 1.75. The summed E-state index contributed by atoms with van der Waals surface area (Å²) in [5.41, 5.74) is 0. The Balaban J connectivity index is 3.41. The van der Waals surface area contributed by atoms with E-state index >= 15 is 0 Å². The standard InChI is InChI=1S/C11H21NO3S/c1-3-4-6-16-7-5-10(13)12-8-9(2)11(14)15/h9H,3-8H2,1-2H3,(H,12,13)(H,14,15). The minimum Gasteiger partial charge on any atom is -0.481 e. The fourth-order valence-corrected chi connectivity index (χ4v) is 1.98. The highest BCUT2D eigenvalue weighted by Crippen LogP contribution is 2.05. The quantitative estimate of drug-likeness (QED) is 0.609. The Bertz CT molecular complexity index is 221. The van der Waals surface area contributed by atoms with Crippen molar-refractivity contribution in [3.8, 4) is 0 Å². The number of amides is 1. The van der Waals surface area contributed by atoms with Crippen molar-refractivity contribution < 1.29 is 14.7 Å². The van der Waals surface area contributed by atoms with Crippen LogP contribution < -0.4 is 5.32 Å². The largest absolute Gasteiger partial charge is 0.481 e. The molecule has 1 atom stereocenters. The van der Waals surface area contributed by atoms with E-state index in [1.54, 1.807) is 18.7 Å². The highest BCUT2D eigenvalue weighted by molar-refractivity contribution is 7.99. The summed E-state index contributed by atoms with van der Waals surface area (Å²) in [5, 5.41) is 11.2. The van der Waals surface area contributed by atoms with Crippen LogP contribution >= 0.6 is 11.8 Å². The molecule has 0 saturated heterocycles. The van der Waals surface area contributed by atoms with Crippen molar-refractivity contribution in [1.82, 2.24) is 5.32 Å². The molecule has 0 aromatic heterocycles. The van der Waals surface area contributed by atoms with Gasteiger partial charge in [-0.2, -0.15) is 11.8 Å². The van der Waals surface area contributed by atoms with Gasteiger partial charge in [0.05, 0.1) is 5.92 Å². The molecule has 0 fully saturated rings. The van der Waals surface area contributed by atoms with Gasteiger partial charge >= 0.3 is 5.97 Å². The highest BCUT2D eigenvalue weighted by Gasteiger charge is 2.11. The first kappa shape index (κ1) is 15.3. The maximum absolute atomic E-state index is 11.3. The summed E-state index contributed by atoms with van der Waals surface area (Å²) in [4.78, 5) is 21.8. The molecule has 4 nitrogen and oxygen atoms in total. The van der Waals surface area contributed by atoms with Gasteiger partial charge in [-0.25, -0.2) is 0 Å². The van der Waals surface area contributed by atoms with Crippen LogP contribution in [0.4, 0.5) is 0 Å². The average molecular weight is 247 g/mol. The minimum absolute atomic E-state index is 0.0582. The molecule has 0 aliphatic rings. The van der Waals surface area contributed by atoms with E-state index in [4.69, 9.17) is 5.11 Å². The molecule has 0 bridgehead atoms. The van der Waals surface area contributed by atoms with E-state index in [1.165, 1.54) is 12.8 Å². The summed E-state index contributed by atoms with van der Waals surface area (Å²) in [5.74, 6) is 0.453. The molecular formula is C11H21NO3S. The number of hydrogen-bond donors (Lipinski definition) is 2. The number of hydrogen-bond acceptors (Lipinski definition) is 3. The lowest BCUT2D eigenvalue weighted by Gasteiger charge is -2.08. The number of nitrogens with one attached hydrogen (secondary N) is 1. The van der Waals surface area contributed by atoms with Crippen LogP contribution in [0.3, 0.4) is 0 Å². The molecule has 0 aliphatic heterocycles. The third-order valence-electron chi connectivity index (χ3n) is 2.14. The van der Waals surface area contributed by atoms with Crippen LogP contribution in [0.1, 0.15) is 33.1 Å². The fraction of sp³-hybridized carbons (Fsp3) is 0.818. The van der Waals surface area contributed by atoms with E-state index in [-0.39, 0.29) is 12.5 Å². The van der Waals surface area contributed by atoms with Gasteiger partial charge in [0.15, 0.2) is 0 Å². The molecule has 5 heteroatoms. The van der Waals surface area contributed by atoms with Crippen molar-refractivity contribution in [2.75, 3.05) is 18.1 Å². The number of carbonyl (C=O) groups excluding carboxylic acids is 1. The molecule has 0 saturated carbocycles. The van der Waals surface area contributed by atoms with Gasteiger partial charge in [0.1, 0.15) is 0 Å². The van der Waals surface area contributed by atoms with Gasteiger partial charge in [0.25, 0.3) is 0 Å². The maximum atomic E-state index is 11.3. The topological polar surface area (TPSA) is 66.4 Å². The zero-order valence-electron chi connectivity index (χ0n) is 9.99. The maximum Gasteiger partial charge on any atom is 0.308 e. The van der Waals surface area contributed by atoms with Gasteiger partial charge in [0.2, 0.25) is 5.91 Å². The molecule has 16 heavy (non-hydrogen) atoms. The van der Waals surface area contributed by atoms with Crippen LogP contribution in [0, 0.1) is 5.92 Å². The van der Waals surface area contributed by atoms with Crippen molar-refractivity contribution in [2.45, 2.75) is 33.1 Å². The van der Waals surface area contributed by atoms with Gasteiger partial charge in [-0.05, 0) is 12.2 Å². The van der Waals surface area contributed by atoms with Crippen LogP contribution in [0.5, 0.6) is 0 Å². The van der Waals surface area contributed by atoms with Gasteiger partial charge in [-0.15, -0.1) is 0 Å². The van der Waals surface area contributed by atoms with E-state index in [9.17, 15) is 9.59 Å². The Kier molecular flexibility index (Phi) is 9.09. The number of carboxylic acid groups (broad SMARTS) is 1. The van der Waals surface area contributed by atoms with Gasteiger partial charge in [-0.1, -0.05) is 20.3 Å². The Labute approximate surface area is 101 Å². The van der Waals surface area contributed by atoms with Crippen molar-refractivity contribution in [3.05, 3.63) is 0 Å². The molecule has 0 heterocycles. The Morgan fingerprint density at radius 3 is 2.62 bits per heavy atom. The lowest BCUT2D eigenvalue weighted by atomic mass is 10.2. The second-order valence-electron chi connectivity index (χ2n) is 3.76. The highest BCUT2D eigenvalue weighted by atomic mass is 32.2. The zero-order chi connectivity index (χ0) is 12.4. The second-order valence-corrected chi connectivity index (χ2v) is 4.98. The fourth-order valence-electron chi connectivity index (χ4n) is 0.956. The number of unbranched alkanes of at least 4 members (excludes halogenated alkanes) is 1. The first-order valence-corrected chi connectivity index (χ1v) is 6.80. The molecule has 0 radical (unpaired) electrons. The van der Waals surface area contributed by atoms with Gasteiger partial charge < -0.3 is 10.4 Å². The summed E-state index contributed by atoms with van der Waals surface area (Å²) in [7, 11) is 0. The summed E-state index contributed by atoms with van der Waals surface area (Å²) in [6, 6.07) is 0. The third kappa shape index (κ3) is 8.59. The predicted molar refractivity (Wildman–Crippen MR) is 66.7 cm³/mol. The van der Waals surface area contributed by atoms with E-state index in [1.807, 2.05) is 0 Å². The lowest BCUT2D eigenvalue weighted by molar-refractivity contribution is -0.141. The van der Waals surface area contributed by atoms with Crippen LogP contribution in [0.25, 0.3) is 0 Å². The van der Waals surface area contributed by atoms with E-state index in [2.05, 4.69) is 12.2 Å². The van der Waals surface area contributed by atoms with Gasteiger partial charge in [0, 0.05) is 18.7 Å². The van der Waals surface area contributed by atoms with Crippen molar-refractivity contribution >= 4 is 23.6 Å². The van der Waals surface area contributed by atoms with Crippen LogP contribution in [0.15, 0.2) is 0 Å². The molecule has 0 rings (SSSR count). The van der Waals surface area contributed by atoms with E-state index in [0.29, 0.717) is 6.42 Å². The summed E-state index contributed by atoms with van der Waals surface area (Å²) < 4.78 is 0.